The van der Waals surface area contributed by atoms with Crippen LogP contribution in [0.3, 0.4) is 0 Å². The van der Waals surface area contributed by atoms with E-state index in [0.29, 0.717) is 18.6 Å². The Hall–Kier alpha value is -0.900. The van der Waals surface area contributed by atoms with Crippen molar-refractivity contribution >= 4 is 0 Å². The first-order valence-corrected chi connectivity index (χ1v) is 9.80. The number of benzene rings is 1. The lowest BCUT2D eigenvalue weighted by molar-refractivity contribution is -0.129. The van der Waals surface area contributed by atoms with E-state index in [2.05, 4.69) is 24.1 Å². The van der Waals surface area contributed by atoms with Gasteiger partial charge < -0.3 is 9.84 Å². The van der Waals surface area contributed by atoms with Crippen molar-refractivity contribution in [2.75, 3.05) is 13.7 Å². The SMILES string of the molecule is CN1[C@H]2CC[C@@H]1[C@H](OCC(O)(c1ccccc1)C1CCCC1)CC2. The van der Waals surface area contributed by atoms with Crippen molar-refractivity contribution in [1.82, 2.24) is 4.90 Å². The van der Waals surface area contributed by atoms with Gasteiger partial charge in [0.1, 0.15) is 5.60 Å². The van der Waals surface area contributed by atoms with E-state index in [4.69, 9.17) is 4.74 Å². The summed E-state index contributed by atoms with van der Waals surface area (Å²) in [6.07, 6.45) is 9.93. The van der Waals surface area contributed by atoms with E-state index in [1.54, 1.807) is 0 Å². The van der Waals surface area contributed by atoms with Crippen LogP contribution in [0, 0.1) is 5.92 Å². The van der Waals surface area contributed by atoms with Gasteiger partial charge in [0.2, 0.25) is 0 Å². The molecule has 2 saturated heterocycles. The lowest BCUT2D eigenvalue weighted by atomic mass is 9.80. The van der Waals surface area contributed by atoms with Crippen LogP contribution in [0.1, 0.15) is 56.9 Å². The Morgan fingerprint density at radius 2 is 1.75 bits per heavy atom. The molecule has 1 aromatic carbocycles. The zero-order valence-electron chi connectivity index (χ0n) is 14.9. The van der Waals surface area contributed by atoms with Gasteiger partial charge in [-0.25, -0.2) is 0 Å². The first-order valence-electron chi connectivity index (χ1n) is 9.80. The highest BCUT2D eigenvalue weighted by atomic mass is 16.5. The van der Waals surface area contributed by atoms with Crippen LogP contribution < -0.4 is 0 Å². The normalized spacial score (nSPS) is 33.7. The molecule has 1 N–H and O–H groups in total. The molecule has 3 aliphatic rings. The number of rotatable bonds is 5. The molecule has 2 bridgehead atoms. The summed E-state index contributed by atoms with van der Waals surface area (Å²) in [5.74, 6) is 0.331. The topological polar surface area (TPSA) is 32.7 Å². The number of nitrogens with zero attached hydrogens (tertiary/aromatic N) is 1. The minimum absolute atomic E-state index is 0.283. The largest absolute Gasteiger partial charge is 0.382 e. The molecule has 4 atom stereocenters. The summed E-state index contributed by atoms with van der Waals surface area (Å²) >= 11 is 0. The highest BCUT2D eigenvalue weighted by molar-refractivity contribution is 5.24. The van der Waals surface area contributed by atoms with Crippen molar-refractivity contribution < 1.29 is 9.84 Å². The second-order valence-electron chi connectivity index (χ2n) is 8.16. The van der Waals surface area contributed by atoms with Crippen molar-refractivity contribution in [2.24, 2.45) is 5.92 Å². The van der Waals surface area contributed by atoms with E-state index in [-0.39, 0.29) is 6.10 Å². The zero-order chi connectivity index (χ0) is 16.6. The lowest BCUT2D eigenvalue weighted by Gasteiger charge is -2.40. The van der Waals surface area contributed by atoms with Crippen LogP contribution in [0.25, 0.3) is 0 Å². The van der Waals surface area contributed by atoms with Crippen LogP contribution in [-0.2, 0) is 10.3 Å². The summed E-state index contributed by atoms with van der Waals surface area (Å²) in [6, 6.07) is 11.5. The molecule has 132 valence electrons. The zero-order valence-corrected chi connectivity index (χ0v) is 14.9. The van der Waals surface area contributed by atoms with Gasteiger partial charge in [-0.15, -0.1) is 0 Å². The Balaban J connectivity index is 1.50. The number of hydrogen-bond donors (Lipinski definition) is 1. The summed E-state index contributed by atoms with van der Waals surface area (Å²) in [7, 11) is 2.25. The summed E-state index contributed by atoms with van der Waals surface area (Å²) in [5.41, 5.74) is 0.205. The second-order valence-corrected chi connectivity index (χ2v) is 8.16. The Bertz CT molecular complexity index is 542. The van der Waals surface area contributed by atoms with Crippen LogP contribution >= 0.6 is 0 Å². The van der Waals surface area contributed by atoms with Crippen molar-refractivity contribution in [3.8, 4) is 0 Å². The monoisotopic (exact) mass is 329 g/mol. The molecule has 1 saturated carbocycles. The van der Waals surface area contributed by atoms with Crippen LogP contribution in [0.2, 0.25) is 0 Å². The van der Waals surface area contributed by atoms with Gasteiger partial charge in [0, 0.05) is 12.1 Å². The standard InChI is InChI=1S/C21H31NO2/c1-22-18-11-13-19(22)20(14-12-18)24-15-21(23,17-9-5-6-10-17)16-7-3-2-4-8-16/h2-4,7-8,17-20,23H,5-6,9-15H2,1H3/t18-,19+,20+,21?/m0/s1. The van der Waals surface area contributed by atoms with Crippen molar-refractivity contribution in [2.45, 2.75) is 75.2 Å². The van der Waals surface area contributed by atoms with Gasteiger partial charge in [0.25, 0.3) is 0 Å². The van der Waals surface area contributed by atoms with Crippen LogP contribution in [0.15, 0.2) is 30.3 Å². The fourth-order valence-corrected chi connectivity index (χ4v) is 5.38. The average Bonchev–Trinajstić information content (AvgIpc) is 3.22. The summed E-state index contributed by atoms with van der Waals surface area (Å²) < 4.78 is 6.42. The van der Waals surface area contributed by atoms with Gasteiger partial charge in [-0.1, -0.05) is 43.2 Å². The van der Waals surface area contributed by atoms with E-state index in [0.717, 1.165) is 30.9 Å². The fraction of sp³-hybridized carbons (Fsp3) is 0.714. The summed E-state index contributed by atoms with van der Waals surface area (Å²) in [5, 5.41) is 11.6. The molecule has 2 aliphatic heterocycles. The number of ether oxygens (including phenoxy) is 1. The van der Waals surface area contributed by atoms with E-state index in [9.17, 15) is 5.11 Å². The minimum Gasteiger partial charge on any atom is -0.382 e. The average molecular weight is 329 g/mol. The van der Waals surface area contributed by atoms with Gasteiger partial charge in [0.05, 0.1) is 12.7 Å². The quantitative estimate of drug-likeness (QED) is 0.894. The van der Waals surface area contributed by atoms with E-state index in [1.165, 1.54) is 32.1 Å². The predicted octanol–water partition coefficient (Wildman–Crippen LogP) is 3.71. The number of hydrogen-bond acceptors (Lipinski definition) is 3. The molecule has 0 spiro atoms. The molecule has 24 heavy (non-hydrogen) atoms. The summed E-state index contributed by atoms with van der Waals surface area (Å²) in [6.45, 7) is 0.446. The van der Waals surface area contributed by atoms with Gasteiger partial charge in [0.15, 0.2) is 0 Å². The van der Waals surface area contributed by atoms with Crippen LogP contribution in [-0.4, -0.2) is 41.8 Å². The lowest BCUT2D eigenvalue weighted by Crippen LogP contribution is -2.48. The molecule has 0 aromatic heterocycles. The molecular formula is C21H31NO2. The van der Waals surface area contributed by atoms with E-state index >= 15 is 0 Å². The van der Waals surface area contributed by atoms with Crippen LogP contribution in [0.5, 0.6) is 0 Å². The Kier molecular flexibility index (Phi) is 4.68. The maximum Gasteiger partial charge on any atom is 0.116 e. The maximum absolute atomic E-state index is 11.6. The minimum atomic E-state index is -0.828. The Labute approximate surface area is 146 Å². The number of aliphatic hydroxyl groups is 1. The molecule has 3 heteroatoms. The maximum atomic E-state index is 11.6. The highest BCUT2D eigenvalue weighted by Crippen LogP contribution is 2.42. The van der Waals surface area contributed by atoms with Crippen LogP contribution in [0.4, 0.5) is 0 Å². The first kappa shape index (κ1) is 16.6. The molecular weight excluding hydrogens is 298 g/mol. The second kappa shape index (κ2) is 6.78. The molecule has 3 fully saturated rings. The smallest absolute Gasteiger partial charge is 0.116 e. The molecule has 4 rings (SSSR count). The number of likely N-dealkylation sites (N-methyl/N-ethyl adjacent to an activating group) is 1. The van der Waals surface area contributed by atoms with Gasteiger partial charge in [-0.3, -0.25) is 4.90 Å². The molecule has 1 unspecified atom stereocenters. The molecule has 1 aromatic rings. The third-order valence-electron chi connectivity index (χ3n) is 6.93. The van der Waals surface area contributed by atoms with Gasteiger partial charge in [-0.2, -0.15) is 0 Å². The predicted molar refractivity (Wildman–Crippen MR) is 95.8 cm³/mol. The van der Waals surface area contributed by atoms with Crippen molar-refractivity contribution in [3.63, 3.8) is 0 Å². The van der Waals surface area contributed by atoms with Gasteiger partial charge >= 0.3 is 0 Å². The molecule has 2 heterocycles. The van der Waals surface area contributed by atoms with E-state index < -0.39 is 5.60 Å². The number of fused-ring (bicyclic) bond motifs is 2. The third-order valence-corrected chi connectivity index (χ3v) is 6.93. The summed E-state index contributed by atoms with van der Waals surface area (Å²) in [4.78, 5) is 2.52. The first-order chi connectivity index (χ1) is 11.7. The van der Waals surface area contributed by atoms with Crippen molar-refractivity contribution in [1.29, 1.82) is 0 Å². The van der Waals surface area contributed by atoms with Crippen molar-refractivity contribution in [3.05, 3.63) is 35.9 Å². The molecule has 3 nitrogen and oxygen atoms in total. The fourth-order valence-electron chi connectivity index (χ4n) is 5.38. The molecule has 1 aliphatic carbocycles. The van der Waals surface area contributed by atoms with Gasteiger partial charge in [-0.05, 0) is 57.1 Å². The number of piperidine rings is 1. The third kappa shape index (κ3) is 2.91. The molecule has 0 amide bonds. The Morgan fingerprint density at radius 1 is 1.04 bits per heavy atom. The van der Waals surface area contributed by atoms with E-state index in [1.807, 2.05) is 18.2 Å². The Morgan fingerprint density at radius 3 is 2.50 bits per heavy atom. The molecule has 0 radical (unpaired) electrons. The highest BCUT2D eigenvalue weighted by Gasteiger charge is 2.44.